The molecule has 0 amide bonds. The number of esters is 1. The Hall–Kier alpha value is -1.60. The number of hydrogen-bond donors (Lipinski definition) is 1. The van der Waals surface area contributed by atoms with E-state index in [1.807, 2.05) is 6.92 Å². The molecule has 0 aliphatic heterocycles. The van der Waals surface area contributed by atoms with Crippen molar-refractivity contribution in [2.75, 3.05) is 12.7 Å². The molecule has 1 N–H and O–H groups in total. The number of carbonyl (C=O) groups excluding carboxylic acids is 3. The van der Waals surface area contributed by atoms with Crippen LogP contribution in [0.25, 0.3) is 0 Å². The van der Waals surface area contributed by atoms with Gasteiger partial charge < -0.3 is 19.3 Å². The maximum Gasteiger partial charge on any atom is 0.508 e. The first-order valence-electron chi connectivity index (χ1n) is 12.6. The lowest BCUT2D eigenvalue weighted by Crippen LogP contribution is -2.58. The average Bonchev–Trinajstić information content (AvgIpc) is 3.09. The monoisotopic (exact) mass is 496 g/mol. The number of carbonyl (C=O) groups is 3. The van der Waals surface area contributed by atoms with Gasteiger partial charge in [-0.15, -0.1) is 0 Å². The van der Waals surface area contributed by atoms with Gasteiger partial charge in [0.25, 0.3) is 0 Å². The average molecular weight is 497 g/mol. The molecule has 0 radical (unpaired) electrons. The molecule has 0 aromatic rings. The van der Waals surface area contributed by atoms with Gasteiger partial charge in [-0.2, -0.15) is 0 Å². The van der Waals surface area contributed by atoms with E-state index >= 15 is 0 Å². The van der Waals surface area contributed by atoms with Crippen LogP contribution in [0.15, 0.2) is 11.6 Å². The van der Waals surface area contributed by atoms with E-state index < -0.39 is 29.6 Å². The van der Waals surface area contributed by atoms with Gasteiger partial charge in [0.2, 0.25) is 0 Å². The van der Waals surface area contributed by atoms with Gasteiger partial charge in [-0.05, 0) is 74.2 Å². The van der Waals surface area contributed by atoms with Crippen LogP contribution in [-0.4, -0.2) is 47.9 Å². The van der Waals surface area contributed by atoms with Crippen molar-refractivity contribution in [1.29, 1.82) is 0 Å². The molecule has 3 unspecified atom stereocenters. The standard InChI is InChI=1S/C26H37ClO7/c1-4-5-10-32-24(31)34-21-9-8-18-16-7-6-15-11-19(28)17(23(30)33-14-27)12-25(15,2)22(16)20(29)13-26(18,21)3/h11,16-18,20-22,29H,4-10,12-14H2,1-3H3/t16-,17?,18-,20?,21?,22-,25-,26-/m0/s1. The molecular weight excluding hydrogens is 460 g/mol. The topological polar surface area (TPSA) is 99.1 Å². The van der Waals surface area contributed by atoms with Crippen LogP contribution in [0.4, 0.5) is 4.79 Å². The van der Waals surface area contributed by atoms with E-state index in [0.29, 0.717) is 25.4 Å². The molecule has 0 bridgehead atoms. The normalized spacial score (nSPS) is 41.0. The Morgan fingerprint density at radius 3 is 2.65 bits per heavy atom. The maximum atomic E-state index is 12.7. The summed E-state index contributed by atoms with van der Waals surface area (Å²) < 4.78 is 16.0. The summed E-state index contributed by atoms with van der Waals surface area (Å²) in [6.07, 6.45) is 5.99. The summed E-state index contributed by atoms with van der Waals surface area (Å²) in [4.78, 5) is 37.4. The highest BCUT2D eigenvalue weighted by Gasteiger charge is 2.64. The van der Waals surface area contributed by atoms with Crippen LogP contribution in [-0.2, 0) is 23.8 Å². The lowest BCUT2D eigenvalue weighted by atomic mass is 9.46. The van der Waals surface area contributed by atoms with Crippen LogP contribution in [0.2, 0.25) is 0 Å². The molecule has 8 atom stereocenters. The second-order valence-electron chi connectivity index (χ2n) is 11.1. The number of unbranched alkanes of at least 4 members (excludes halogenated alkanes) is 1. The number of rotatable bonds is 6. The Labute approximate surface area is 206 Å². The van der Waals surface area contributed by atoms with Crippen molar-refractivity contribution in [1.82, 2.24) is 0 Å². The van der Waals surface area contributed by atoms with Gasteiger partial charge in [0.15, 0.2) is 11.8 Å². The highest BCUT2D eigenvalue weighted by molar-refractivity contribution is 6.18. The van der Waals surface area contributed by atoms with Crippen LogP contribution in [0.3, 0.4) is 0 Å². The smallest absolute Gasteiger partial charge is 0.449 e. The van der Waals surface area contributed by atoms with Crippen molar-refractivity contribution in [3.63, 3.8) is 0 Å². The molecule has 0 saturated heterocycles. The van der Waals surface area contributed by atoms with Crippen LogP contribution in [0.5, 0.6) is 0 Å². The molecule has 4 aliphatic rings. The second kappa shape index (κ2) is 9.81. The van der Waals surface area contributed by atoms with Crippen molar-refractivity contribution >= 4 is 29.5 Å². The third kappa shape index (κ3) is 4.27. The third-order valence-electron chi connectivity index (χ3n) is 9.31. The number of aliphatic hydroxyl groups is 1. The number of halogens is 1. The van der Waals surface area contributed by atoms with Gasteiger partial charge in [-0.1, -0.05) is 44.4 Å². The summed E-state index contributed by atoms with van der Waals surface area (Å²) in [5.74, 6) is -1.27. The zero-order chi connectivity index (χ0) is 24.7. The Morgan fingerprint density at radius 2 is 1.94 bits per heavy atom. The van der Waals surface area contributed by atoms with E-state index in [-0.39, 0.29) is 35.2 Å². The van der Waals surface area contributed by atoms with E-state index in [0.717, 1.165) is 44.1 Å². The lowest BCUT2D eigenvalue weighted by Gasteiger charge is -2.59. The zero-order valence-electron chi connectivity index (χ0n) is 20.4. The van der Waals surface area contributed by atoms with E-state index in [2.05, 4.69) is 13.8 Å². The predicted molar refractivity (Wildman–Crippen MR) is 125 cm³/mol. The van der Waals surface area contributed by atoms with E-state index in [9.17, 15) is 19.5 Å². The molecule has 0 aromatic heterocycles. The molecule has 3 saturated carbocycles. The first kappa shape index (κ1) is 25.5. The quantitative estimate of drug-likeness (QED) is 0.244. The first-order chi connectivity index (χ1) is 16.2. The van der Waals surface area contributed by atoms with Gasteiger partial charge in [0, 0.05) is 5.41 Å². The number of alkyl halides is 1. The SMILES string of the molecule is CCCCOC(=O)OC1CC[C@H]2[C@@H]3CCC4=CC(=O)C(C(=O)OCCl)C[C@]4(C)[C@@H]3C(O)C[C@]12C. The number of hydrogen-bond acceptors (Lipinski definition) is 7. The van der Waals surface area contributed by atoms with Crippen LogP contribution >= 0.6 is 11.6 Å². The summed E-state index contributed by atoms with van der Waals surface area (Å²) >= 11 is 5.58. The number of ketones is 1. The summed E-state index contributed by atoms with van der Waals surface area (Å²) in [6, 6.07) is -0.284. The first-order valence-corrected chi connectivity index (χ1v) is 13.2. The highest BCUT2D eigenvalue weighted by Crippen LogP contribution is 2.66. The Balaban J connectivity index is 1.55. The number of aliphatic hydroxyl groups excluding tert-OH is 1. The summed E-state index contributed by atoms with van der Waals surface area (Å²) in [6.45, 7) is 6.61. The van der Waals surface area contributed by atoms with Crippen molar-refractivity contribution < 1.29 is 33.7 Å². The van der Waals surface area contributed by atoms with Gasteiger partial charge in [0.05, 0.1) is 12.7 Å². The number of fused-ring (bicyclic) bond motifs is 5. The highest BCUT2D eigenvalue weighted by atomic mass is 35.5. The van der Waals surface area contributed by atoms with Crippen molar-refractivity contribution in [3.05, 3.63) is 11.6 Å². The van der Waals surface area contributed by atoms with E-state index in [4.69, 9.17) is 25.8 Å². The van der Waals surface area contributed by atoms with Gasteiger partial charge in [-0.25, -0.2) is 4.79 Å². The number of allylic oxidation sites excluding steroid dienone is 1. The third-order valence-corrected chi connectivity index (χ3v) is 9.42. The second-order valence-corrected chi connectivity index (χ2v) is 11.3. The largest absolute Gasteiger partial charge is 0.508 e. The van der Waals surface area contributed by atoms with Gasteiger partial charge in [-0.3, -0.25) is 9.59 Å². The van der Waals surface area contributed by atoms with Crippen molar-refractivity contribution in [3.8, 4) is 0 Å². The van der Waals surface area contributed by atoms with E-state index in [1.165, 1.54) is 0 Å². The summed E-state index contributed by atoms with van der Waals surface area (Å²) in [7, 11) is 0. The molecule has 8 heteroatoms. The Morgan fingerprint density at radius 1 is 1.18 bits per heavy atom. The minimum absolute atomic E-state index is 0.0692. The van der Waals surface area contributed by atoms with Crippen LogP contribution in [0, 0.1) is 34.5 Å². The molecule has 34 heavy (non-hydrogen) atoms. The molecule has 4 rings (SSSR count). The zero-order valence-corrected chi connectivity index (χ0v) is 21.1. The summed E-state index contributed by atoms with van der Waals surface area (Å²) in [5, 5.41) is 11.5. The summed E-state index contributed by atoms with van der Waals surface area (Å²) in [5.41, 5.74) is 0.233. The number of ether oxygens (including phenoxy) is 3. The minimum atomic E-state index is -0.885. The van der Waals surface area contributed by atoms with Crippen molar-refractivity contribution in [2.24, 2.45) is 34.5 Å². The molecular formula is C26H37ClO7. The molecule has 0 heterocycles. The fourth-order valence-electron chi connectivity index (χ4n) is 7.73. The molecule has 0 spiro atoms. The molecule has 4 aliphatic carbocycles. The van der Waals surface area contributed by atoms with E-state index in [1.54, 1.807) is 6.08 Å². The van der Waals surface area contributed by atoms with Crippen LogP contribution < -0.4 is 0 Å². The predicted octanol–water partition coefficient (Wildman–Crippen LogP) is 4.78. The maximum absolute atomic E-state index is 12.7. The molecule has 0 aromatic carbocycles. The Kier molecular flexibility index (Phi) is 7.35. The lowest BCUT2D eigenvalue weighted by molar-refractivity contribution is -0.160. The van der Waals surface area contributed by atoms with Crippen LogP contribution in [0.1, 0.15) is 72.1 Å². The molecule has 7 nitrogen and oxygen atoms in total. The van der Waals surface area contributed by atoms with Crippen molar-refractivity contribution in [2.45, 2.75) is 84.3 Å². The Bertz CT molecular complexity index is 856. The fraction of sp³-hybridized carbons (Fsp3) is 0.808. The fourth-order valence-corrected chi connectivity index (χ4v) is 7.83. The molecule has 3 fully saturated rings. The molecule has 190 valence electrons. The van der Waals surface area contributed by atoms with Gasteiger partial charge >= 0.3 is 12.1 Å². The minimum Gasteiger partial charge on any atom is -0.449 e. The van der Waals surface area contributed by atoms with Gasteiger partial charge in [0.1, 0.15) is 12.0 Å².